The van der Waals surface area contributed by atoms with Crippen molar-refractivity contribution in [2.75, 3.05) is 19.7 Å². The van der Waals surface area contributed by atoms with Crippen molar-refractivity contribution in [1.29, 1.82) is 0 Å². The highest BCUT2D eigenvalue weighted by Crippen LogP contribution is 2.21. The van der Waals surface area contributed by atoms with Gasteiger partial charge in [-0.05, 0) is 29.3 Å². The van der Waals surface area contributed by atoms with Crippen LogP contribution >= 0.6 is 0 Å². The molecule has 26 heavy (non-hydrogen) atoms. The Morgan fingerprint density at radius 3 is 2.77 bits per heavy atom. The molecule has 6 heteroatoms. The van der Waals surface area contributed by atoms with Crippen LogP contribution in [0.15, 0.2) is 59.4 Å². The lowest BCUT2D eigenvalue weighted by Crippen LogP contribution is -2.38. The summed E-state index contributed by atoms with van der Waals surface area (Å²) in [6.45, 7) is 3.21. The van der Waals surface area contributed by atoms with E-state index < -0.39 is 0 Å². The van der Waals surface area contributed by atoms with E-state index >= 15 is 0 Å². The molecule has 1 fully saturated rings. The van der Waals surface area contributed by atoms with Crippen molar-refractivity contribution in [3.05, 3.63) is 77.7 Å². The van der Waals surface area contributed by atoms with Crippen molar-refractivity contribution in [3.63, 3.8) is 0 Å². The molecule has 6 nitrogen and oxygen atoms in total. The second kappa shape index (κ2) is 8.03. The van der Waals surface area contributed by atoms with E-state index in [2.05, 4.69) is 44.3 Å². The lowest BCUT2D eigenvalue weighted by Gasteiger charge is -2.31. The predicted octanol–water partition coefficient (Wildman–Crippen LogP) is 3.21. The van der Waals surface area contributed by atoms with Gasteiger partial charge in [0.1, 0.15) is 6.10 Å². The Balaban J connectivity index is 1.39. The van der Waals surface area contributed by atoms with Crippen LogP contribution in [0.4, 0.5) is 0 Å². The second-order valence-corrected chi connectivity index (χ2v) is 6.18. The third kappa shape index (κ3) is 4.22. The van der Waals surface area contributed by atoms with E-state index in [-0.39, 0.29) is 6.10 Å². The van der Waals surface area contributed by atoms with E-state index in [0.717, 1.165) is 25.2 Å². The SMILES string of the molecule is C(=C\c1nc(C2CN(Cc3ccccc3)CCO2)no1)/c1ccncc1. The normalized spacial score (nSPS) is 18.4. The average Bonchev–Trinajstić information content (AvgIpc) is 3.17. The van der Waals surface area contributed by atoms with Crippen LogP contribution in [0.3, 0.4) is 0 Å². The van der Waals surface area contributed by atoms with Crippen LogP contribution < -0.4 is 0 Å². The molecule has 0 spiro atoms. The van der Waals surface area contributed by atoms with Gasteiger partial charge in [0.25, 0.3) is 5.89 Å². The summed E-state index contributed by atoms with van der Waals surface area (Å²) in [5, 5.41) is 4.09. The zero-order chi connectivity index (χ0) is 17.6. The predicted molar refractivity (Wildman–Crippen MR) is 97.9 cm³/mol. The van der Waals surface area contributed by atoms with Crippen LogP contribution in [-0.4, -0.2) is 39.7 Å². The molecule has 0 N–H and O–H groups in total. The van der Waals surface area contributed by atoms with Crippen LogP contribution in [0.1, 0.15) is 28.9 Å². The summed E-state index contributed by atoms with van der Waals surface area (Å²) >= 11 is 0. The molecule has 1 saturated heterocycles. The molecule has 1 aliphatic heterocycles. The Morgan fingerprint density at radius 2 is 1.92 bits per heavy atom. The number of morpholine rings is 1. The molecule has 0 aliphatic carbocycles. The van der Waals surface area contributed by atoms with Crippen molar-refractivity contribution in [2.45, 2.75) is 12.6 Å². The second-order valence-electron chi connectivity index (χ2n) is 6.18. The van der Waals surface area contributed by atoms with Gasteiger partial charge < -0.3 is 9.26 Å². The maximum atomic E-state index is 5.85. The molecule has 3 aromatic rings. The zero-order valence-corrected chi connectivity index (χ0v) is 14.4. The summed E-state index contributed by atoms with van der Waals surface area (Å²) in [7, 11) is 0. The number of ether oxygens (including phenoxy) is 1. The van der Waals surface area contributed by atoms with Gasteiger partial charge in [-0.1, -0.05) is 35.5 Å². The lowest BCUT2D eigenvalue weighted by atomic mass is 10.2. The highest BCUT2D eigenvalue weighted by molar-refractivity contribution is 5.65. The third-order valence-electron chi connectivity index (χ3n) is 4.27. The minimum absolute atomic E-state index is 0.167. The number of rotatable bonds is 5. The van der Waals surface area contributed by atoms with Crippen LogP contribution in [0.2, 0.25) is 0 Å². The van der Waals surface area contributed by atoms with Crippen LogP contribution in [0, 0.1) is 0 Å². The molecule has 3 heterocycles. The van der Waals surface area contributed by atoms with Crippen LogP contribution in [0.25, 0.3) is 12.2 Å². The third-order valence-corrected chi connectivity index (χ3v) is 4.27. The first-order valence-corrected chi connectivity index (χ1v) is 8.66. The van der Waals surface area contributed by atoms with E-state index in [1.807, 2.05) is 24.3 Å². The zero-order valence-electron chi connectivity index (χ0n) is 14.4. The highest BCUT2D eigenvalue weighted by atomic mass is 16.5. The van der Waals surface area contributed by atoms with Gasteiger partial charge in [0, 0.05) is 38.1 Å². The maximum Gasteiger partial charge on any atom is 0.250 e. The molecule has 0 bridgehead atoms. The first-order chi connectivity index (χ1) is 12.9. The first-order valence-electron chi connectivity index (χ1n) is 8.66. The van der Waals surface area contributed by atoms with Gasteiger partial charge in [-0.3, -0.25) is 9.88 Å². The van der Waals surface area contributed by atoms with E-state index in [0.29, 0.717) is 18.3 Å². The molecule has 0 saturated carbocycles. The van der Waals surface area contributed by atoms with Crippen LogP contribution in [0.5, 0.6) is 0 Å². The monoisotopic (exact) mass is 348 g/mol. The van der Waals surface area contributed by atoms with Gasteiger partial charge in [0.05, 0.1) is 6.61 Å². The molecule has 1 aliphatic rings. The fourth-order valence-electron chi connectivity index (χ4n) is 2.93. The van der Waals surface area contributed by atoms with Gasteiger partial charge in [-0.25, -0.2) is 0 Å². The minimum atomic E-state index is -0.167. The van der Waals surface area contributed by atoms with Crippen molar-refractivity contribution in [3.8, 4) is 0 Å². The van der Waals surface area contributed by atoms with Gasteiger partial charge in [-0.2, -0.15) is 4.98 Å². The van der Waals surface area contributed by atoms with Crippen molar-refractivity contribution < 1.29 is 9.26 Å². The molecule has 0 radical (unpaired) electrons. The molecular weight excluding hydrogens is 328 g/mol. The lowest BCUT2D eigenvalue weighted by molar-refractivity contribution is -0.0380. The molecule has 1 atom stereocenters. The molecule has 4 rings (SSSR count). The first kappa shape index (κ1) is 16.6. The molecule has 132 valence electrons. The minimum Gasteiger partial charge on any atom is -0.367 e. The fourth-order valence-corrected chi connectivity index (χ4v) is 2.93. The summed E-state index contributed by atoms with van der Waals surface area (Å²) < 4.78 is 11.2. The molecule has 0 amide bonds. The smallest absolute Gasteiger partial charge is 0.250 e. The van der Waals surface area contributed by atoms with Crippen LogP contribution in [-0.2, 0) is 11.3 Å². The standard InChI is InChI=1S/C20H20N4O2/c1-2-4-17(5-3-1)14-24-12-13-25-18(15-24)20-22-19(26-23-20)7-6-16-8-10-21-11-9-16/h1-11,18H,12-15H2/b7-6+. The molecule has 1 unspecified atom stereocenters. The van der Waals surface area contributed by atoms with E-state index in [9.17, 15) is 0 Å². The summed E-state index contributed by atoms with van der Waals surface area (Å²) in [5.41, 5.74) is 2.32. The number of hydrogen-bond donors (Lipinski definition) is 0. The van der Waals surface area contributed by atoms with Gasteiger partial charge in [-0.15, -0.1) is 0 Å². The fraction of sp³-hybridized carbons (Fsp3) is 0.250. The van der Waals surface area contributed by atoms with E-state index in [4.69, 9.17) is 9.26 Å². The van der Waals surface area contributed by atoms with Gasteiger partial charge >= 0.3 is 0 Å². The summed E-state index contributed by atoms with van der Waals surface area (Å²) in [5.74, 6) is 1.07. The topological polar surface area (TPSA) is 64.3 Å². The maximum absolute atomic E-state index is 5.85. The van der Waals surface area contributed by atoms with Crippen molar-refractivity contribution >= 4 is 12.2 Å². The number of aromatic nitrogens is 3. The van der Waals surface area contributed by atoms with Crippen molar-refractivity contribution in [2.24, 2.45) is 0 Å². The Morgan fingerprint density at radius 1 is 1.08 bits per heavy atom. The number of hydrogen-bond acceptors (Lipinski definition) is 6. The number of nitrogens with zero attached hydrogens (tertiary/aromatic N) is 4. The van der Waals surface area contributed by atoms with E-state index in [1.165, 1.54) is 5.56 Å². The largest absolute Gasteiger partial charge is 0.367 e. The van der Waals surface area contributed by atoms with Gasteiger partial charge in [0.2, 0.25) is 5.82 Å². The number of benzene rings is 1. The summed E-state index contributed by atoms with van der Waals surface area (Å²) in [6.07, 6.45) is 7.05. The molecule has 2 aromatic heterocycles. The molecule has 1 aromatic carbocycles. The average molecular weight is 348 g/mol. The van der Waals surface area contributed by atoms with Crippen molar-refractivity contribution in [1.82, 2.24) is 20.0 Å². The summed E-state index contributed by atoms with van der Waals surface area (Å²) in [6, 6.07) is 14.3. The Hall–Kier alpha value is -2.83. The van der Waals surface area contributed by atoms with Gasteiger partial charge in [0.15, 0.2) is 0 Å². The molecular formula is C20H20N4O2. The number of pyridine rings is 1. The Kier molecular flexibility index (Phi) is 5.14. The Labute approximate surface area is 152 Å². The summed E-state index contributed by atoms with van der Waals surface area (Å²) in [4.78, 5) is 10.8. The Bertz CT molecular complexity index is 849. The quantitative estimate of drug-likeness (QED) is 0.705. The highest BCUT2D eigenvalue weighted by Gasteiger charge is 2.26. The van der Waals surface area contributed by atoms with E-state index in [1.54, 1.807) is 18.5 Å².